The van der Waals surface area contributed by atoms with Gasteiger partial charge in [0.15, 0.2) is 0 Å². The van der Waals surface area contributed by atoms with Crippen LogP contribution in [0.3, 0.4) is 0 Å². The highest BCUT2D eigenvalue weighted by Gasteiger charge is 2.37. The number of benzene rings is 1. The number of carbonyl (C=O) groups is 2. The summed E-state index contributed by atoms with van der Waals surface area (Å²) in [5, 5.41) is 3.15. The number of ketones is 1. The Morgan fingerprint density at radius 3 is 2.73 bits per heavy atom. The molecule has 0 aliphatic carbocycles. The van der Waals surface area contributed by atoms with Gasteiger partial charge in [0.25, 0.3) is 5.91 Å². The first-order valence-electron chi connectivity index (χ1n) is 10.0. The molecule has 7 heteroatoms. The number of hydrogen-bond donors (Lipinski definition) is 1. The van der Waals surface area contributed by atoms with Gasteiger partial charge in [0.1, 0.15) is 17.8 Å². The standard InChI is InChI=1S/C23H23N5O2/c1-3-16-5-4-6-17(11-16)18-12-19-21(26-13-18)22(29)15(2)28(23(19)30)10-9-25-20-7-8-24-14-27-20/h4-8,11-15H,3,9-10H2,1-2H3,(H,24,25,27). The fourth-order valence-electron chi connectivity index (χ4n) is 3.62. The Morgan fingerprint density at radius 2 is 1.97 bits per heavy atom. The summed E-state index contributed by atoms with van der Waals surface area (Å²) >= 11 is 0. The van der Waals surface area contributed by atoms with Crippen LogP contribution in [0.1, 0.15) is 40.3 Å². The predicted octanol–water partition coefficient (Wildman–Crippen LogP) is 3.24. The zero-order valence-corrected chi connectivity index (χ0v) is 17.0. The van der Waals surface area contributed by atoms with Crippen LogP contribution in [0.15, 0.2) is 55.1 Å². The van der Waals surface area contributed by atoms with Crippen LogP contribution in [0.5, 0.6) is 0 Å². The highest BCUT2D eigenvalue weighted by Crippen LogP contribution is 2.27. The Kier molecular flexibility index (Phi) is 5.52. The van der Waals surface area contributed by atoms with Gasteiger partial charge < -0.3 is 10.2 Å². The zero-order valence-electron chi connectivity index (χ0n) is 17.0. The Morgan fingerprint density at radius 1 is 1.10 bits per heavy atom. The Labute approximate surface area is 175 Å². The van der Waals surface area contributed by atoms with Gasteiger partial charge in [-0.15, -0.1) is 0 Å². The monoisotopic (exact) mass is 401 g/mol. The van der Waals surface area contributed by atoms with E-state index in [0.29, 0.717) is 24.5 Å². The molecule has 1 amide bonds. The molecule has 0 bridgehead atoms. The number of hydrogen-bond acceptors (Lipinski definition) is 6. The number of carbonyl (C=O) groups excluding carboxylic acids is 2. The molecule has 1 unspecified atom stereocenters. The van der Waals surface area contributed by atoms with Gasteiger partial charge >= 0.3 is 0 Å². The van der Waals surface area contributed by atoms with E-state index in [1.54, 1.807) is 36.4 Å². The molecule has 0 fully saturated rings. The zero-order chi connectivity index (χ0) is 21.1. The quantitative estimate of drug-likeness (QED) is 0.682. The second-order valence-corrected chi connectivity index (χ2v) is 7.23. The lowest BCUT2D eigenvalue weighted by Gasteiger charge is -2.33. The maximum absolute atomic E-state index is 13.2. The number of fused-ring (bicyclic) bond motifs is 1. The third-order valence-corrected chi connectivity index (χ3v) is 5.37. The first-order valence-corrected chi connectivity index (χ1v) is 10.0. The first kappa shape index (κ1) is 19.7. The number of nitrogens with zero attached hydrogens (tertiary/aromatic N) is 4. The molecule has 7 nitrogen and oxygen atoms in total. The summed E-state index contributed by atoms with van der Waals surface area (Å²) in [4.78, 5) is 40.0. The lowest BCUT2D eigenvalue weighted by Crippen LogP contribution is -2.50. The van der Waals surface area contributed by atoms with E-state index in [2.05, 4.69) is 39.3 Å². The Hall–Kier alpha value is -3.61. The molecule has 0 saturated carbocycles. The molecule has 0 spiro atoms. The molecule has 1 aliphatic heterocycles. The lowest BCUT2D eigenvalue weighted by atomic mass is 9.94. The molecule has 4 rings (SSSR count). The van der Waals surface area contributed by atoms with Crippen molar-refractivity contribution in [1.82, 2.24) is 19.9 Å². The number of aryl methyl sites for hydroxylation is 1. The molecule has 1 N–H and O–H groups in total. The van der Waals surface area contributed by atoms with Crippen molar-refractivity contribution in [3.05, 3.63) is 71.9 Å². The highest BCUT2D eigenvalue weighted by atomic mass is 16.2. The smallest absolute Gasteiger partial charge is 0.256 e. The van der Waals surface area contributed by atoms with Crippen LogP contribution in [-0.4, -0.2) is 50.7 Å². The van der Waals surface area contributed by atoms with Crippen LogP contribution in [0.2, 0.25) is 0 Å². The van der Waals surface area contributed by atoms with E-state index in [1.807, 2.05) is 12.1 Å². The molecule has 2 aromatic heterocycles. The fourth-order valence-corrected chi connectivity index (χ4v) is 3.62. The molecule has 1 atom stereocenters. The number of nitrogens with one attached hydrogen (secondary N) is 1. The average Bonchev–Trinajstić information content (AvgIpc) is 2.80. The number of Topliss-reactive ketones (excluding diaryl/α,β-unsaturated/α-hetero) is 1. The topological polar surface area (TPSA) is 88.1 Å². The number of aromatic nitrogens is 3. The minimum atomic E-state index is -0.557. The molecule has 0 saturated heterocycles. The van der Waals surface area contributed by atoms with Crippen LogP contribution >= 0.6 is 0 Å². The van der Waals surface area contributed by atoms with Gasteiger partial charge in [0.2, 0.25) is 5.78 Å². The minimum Gasteiger partial charge on any atom is -0.368 e. The minimum absolute atomic E-state index is 0.138. The number of pyridine rings is 1. The molecule has 0 radical (unpaired) electrons. The van der Waals surface area contributed by atoms with Gasteiger partial charge in [-0.1, -0.05) is 31.2 Å². The van der Waals surface area contributed by atoms with E-state index in [9.17, 15) is 9.59 Å². The molecule has 1 aliphatic rings. The summed E-state index contributed by atoms with van der Waals surface area (Å²) in [5.41, 5.74) is 3.64. The van der Waals surface area contributed by atoms with Crippen molar-refractivity contribution in [3.63, 3.8) is 0 Å². The van der Waals surface area contributed by atoms with E-state index >= 15 is 0 Å². The highest BCUT2D eigenvalue weighted by molar-refractivity contribution is 6.14. The number of anilines is 1. The molecule has 3 aromatic rings. The van der Waals surface area contributed by atoms with E-state index < -0.39 is 6.04 Å². The normalized spacial score (nSPS) is 15.8. The van der Waals surface area contributed by atoms with Crippen molar-refractivity contribution in [2.45, 2.75) is 26.3 Å². The average molecular weight is 401 g/mol. The summed E-state index contributed by atoms with van der Waals surface area (Å²) in [7, 11) is 0. The molecule has 1 aromatic carbocycles. The SMILES string of the molecule is CCc1cccc(-c2cnc3c(c2)C(=O)N(CCNc2ccncn2)C(C)C3=O)c1. The van der Waals surface area contributed by atoms with Gasteiger partial charge in [-0.25, -0.2) is 9.97 Å². The summed E-state index contributed by atoms with van der Waals surface area (Å²) < 4.78 is 0. The van der Waals surface area contributed by atoms with Crippen molar-refractivity contribution in [3.8, 4) is 11.1 Å². The van der Waals surface area contributed by atoms with Crippen LogP contribution in [0.4, 0.5) is 5.82 Å². The lowest BCUT2D eigenvalue weighted by molar-refractivity contribution is 0.0598. The van der Waals surface area contributed by atoms with Crippen molar-refractivity contribution in [2.75, 3.05) is 18.4 Å². The van der Waals surface area contributed by atoms with Gasteiger partial charge in [0.05, 0.1) is 11.6 Å². The fraction of sp³-hybridized carbons (Fsp3) is 0.261. The van der Waals surface area contributed by atoms with Gasteiger partial charge in [-0.3, -0.25) is 14.6 Å². The first-order chi connectivity index (χ1) is 14.6. The predicted molar refractivity (Wildman–Crippen MR) is 114 cm³/mol. The van der Waals surface area contributed by atoms with Crippen molar-refractivity contribution < 1.29 is 9.59 Å². The van der Waals surface area contributed by atoms with Crippen molar-refractivity contribution in [1.29, 1.82) is 0 Å². The number of rotatable bonds is 6. The summed E-state index contributed by atoms with van der Waals surface area (Å²) in [5.74, 6) is 0.358. The summed E-state index contributed by atoms with van der Waals surface area (Å²) in [6.07, 6.45) is 5.70. The molecular weight excluding hydrogens is 378 g/mol. The molecule has 30 heavy (non-hydrogen) atoms. The van der Waals surface area contributed by atoms with Gasteiger partial charge in [-0.05, 0) is 36.6 Å². The third kappa shape index (κ3) is 3.78. The Balaban J connectivity index is 1.58. The van der Waals surface area contributed by atoms with Crippen LogP contribution < -0.4 is 5.32 Å². The summed E-state index contributed by atoms with van der Waals surface area (Å²) in [6.45, 7) is 4.70. The maximum Gasteiger partial charge on any atom is 0.256 e. The van der Waals surface area contributed by atoms with Gasteiger partial charge in [0, 0.05) is 31.0 Å². The van der Waals surface area contributed by atoms with Crippen LogP contribution in [0.25, 0.3) is 11.1 Å². The van der Waals surface area contributed by atoms with E-state index in [-0.39, 0.29) is 17.4 Å². The molecular formula is C23H23N5O2. The maximum atomic E-state index is 13.2. The van der Waals surface area contributed by atoms with Crippen molar-refractivity contribution >= 4 is 17.5 Å². The number of amides is 1. The molecule has 152 valence electrons. The van der Waals surface area contributed by atoms with Crippen LogP contribution in [-0.2, 0) is 6.42 Å². The van der Waals surface area contributed by atoms with E-state index in [4.69, 9.17) is 0 Å². The largest absolute Gasteiger partial charge is 0.368 e. The van der Waals surface area contributed by atoms with E-state index in [1.165, 1.54) is 11.9 Å². The summed E-state index contributed by atoms with van der Waals surface area (Å²) in [6, 6.07) is 11.1. The third-order valence-electron chi connectivity index (χ3n) is 5.37. The van der Waals surface area contributed by atoms with Gasteiger partial charge in [-0.2, -0.15) is 0 Å². The van der Waals surface area contributed by atoms with Crippen molar-refractivity contribution in [2.24, 2.45) is 0 Å². The Bertz CT molecular complexity index is 1080. The van der Waals surface area contributed by atoms with Crippen LogP contribution in [0, 0.1) is 0 Å². The second-order valence-electron chi connectivity index (χ2n) is 7.23. The molecule has 3 heterocycles. The van der Waals surface area contributed by atoms with E-state index in [0.717, 1.165) is 17.5 Å². The second kappa shape index (κ2) is 8.41.